The van der Waals surface area contributed by atoms with Crippen molar-refractivity contribution in [1.82, 2.24) is 0 Å². The van der Waals surface area contributed by atoms with Gasteiger partial charge >= 0.3 is 5.97 Å². The van der Waals surface area contributed by atoms with Crippen molar-refractivity contribution in [3.05, 3.63) is 0 Å². The Hall–Kier alpha value is 0.630. The molecule has 2 nitrogen and oxygen atoms in total. The summed E-state index contributed by atoms with van der Waals surface area (Å²) in [5, 5.41) is -1.36. The highest BCUT2D eigenvalue weighted by Gasteiger charge is 2.45. The van der Waals surface area contributed by atoms with Crippen molar-refractivity contribution < 1.29 is 9.53 Å². The lowest BCUT2D eigenvalue weighted by Crippen LogP contribution is -2.41. The fourth-order valence-corrected chi connectivity index (χ4v) is 1.73. The first-order valence-corrected chi connectivity index (χ1v) is 5.25. The lowest BCUT2D eigenvalue weighted by Gasteiger charge is -2.25. The fraction of sp³-hybridized carbons (Fsp3) is 0.857. The standard InChI is InChI=1S/C7H10Cl4O2/c1-3-4(8)5(9)7(10,11)6(12)13-2/h4-5H,3H2,1-2H3. The van der Waals surface area contributed by atoms with E-state index in [0.29, 0.717) is 6.42 Å². The Balaban J connectivity index is 4.52. The van der Waals surface area contributed by atoms with Crippen LogP contribution in [-0.2, 0) is 9.53 Å². The van der Waals surface area contributed by atoms with Crippen LogP contribution < -0.4 is 0 Å². The Labute approximate surface area is 97.4 Å². The highest BCUT2D eigenvalue weighted by molar-refractivity contribution is 6.61. The van der Waals surface area contributed by atoms with E-state index in [-0.39, 0.29) is 0 Å². The molecule has 0 aliphatic heterocycles. The Morgan fingerprint density at radius 1 is 1.46 bits per heavy atom. The predicted octanol–water partition coefficient (Wildman–Crippen LogP) is 2.96. The zero-order valence-corrected chi connectivity index (χ0v) is 10.2. The molecule has 0 heterocycles. The maximum Gasteiger partial charge on any atom is 0.343 e. The number of rotatable bonds is 4. The van der Waals surface area contributed by atoms with Crippen LogP contribution in [0.15, 0.2) is 0 Å². The number of esters is 1. The average molecular weight is 268 g/mol. The lowest BCUT2D eigenvalue weighted by atomic mass is 10.2. The smallest absolute Gasteiger partial charge is 0.343 e. The van der Waals surface area contributed by atoms with E-state index in [1.165, 1.54) is 7.11 Å². The van der Waals surface area contributed by atoms with Gasteiger partial charge in [0.1, 0.15) is 0 Å². The molecular weight excluding hydrogens is 258 g/mol. The molecule has 0 aliphatic rings. The number of halogens is 4. The van der Waals surface area contributed by atoms with Gasteiger partial charge in [0, 0.05) is 0 Å². The van der Waals surface area contributed by atoms with Crippen molar-refractivity contribution in [2.45, 2.75) is 28.4 Å². The number of alkyl halides is 4. The third-order valence-electron chi connectivity index (χ3n) is 1.51. The second-order valence-electron chi connectivity index (χ2n) is 2.44. The predicted molar refractivity (Wildman–Crippen MR) is 56.0 cm³/mol. The minimum absolute atomic E-state index is 0.476. The number of carbonyl (C=O) groups is 1. The number of hydrogen-bond acceptors (Lipinski definition) is 2. The van der Waals surface area contributed by atoms with Crippen molar-refractivity contribution in [3.63, 3.8) is 0 Å². The maximum absolute atomic E-state index is 11.1. The molecule has 13 heavy (non-hydrogen) atoms. The Kier molecular flexibility index (Phi) is 5.76. The molecule has 0 radical (unpaired) electrons. The molecule has 0 rings (SSSR count). The SMILES string of the molecule is CCC(Cl)C(Cl)C(Cl)(Cl)C(=O)OC. The molecule has 6 heteroatoms. The minimum atomic E-state index is -1.79. The topological polar surface area (TPSA) is 26.3 Å². The van der Waals surface area contributed by atoms with Crippen molar-refractivity contribution in [2.75, 3.05) is 7.11 Å². The van der Waals surface area contributed by atoms with Crippen LogP contribution in [0.25, 0.3) is 0 Å². The van der Waals surface area contributed by atoms with Crippen LogP contribution in [0.2, 0.25) is 0 Å². The molecule has 2 atom stereocenters. The number of ether oxygens (including phenoxy) is 1. The molecule has 0 amide bonds. The highest BCUT2D eigenvalue weighted by Crippen LogP contribution is 2.35. The van der Waals surface area contributed by atoms with Gasteiger partial charge in [0.25, 0.3) is 0 Å². The van der Waals surface area contributed by atoms with Crippen LogP contribution in [-0.4, -0.2) is 28.2 Å². The highest BCUT2D eigenvalue weighted by atomic mass is 35.5. The van der Waals surface area contributed by atoms with E-state index in [4.69, 9.17) is 46.4 Å². The van der Waals surface area contributed by atoms with Gasteiger partial charge in [-0.25, -0.2) is 4.79 Å². The summed E-state index contributed by atoms with van der Waals surface area (Å²) in [6, 6.07) is 0. The molecule has 0 fully saturated rings. The van der Waals surface area contributed by atoms with E-state index in [9.17, 15) is 4.79 Å². The number of hydrogen-bond donors (Lipinski definition) is 0. The summed E-state index contributed by atoms with van der Waals surface area (Å²) in [5.41, 5.74) is 0. The van der Waals surface area contributed by atoms with Gasteiger partial charge in [-0.15, -0.1) is 23.2 Å². The first-order valence-electron chi connectivity index (χ1n) is 3.62. The fourth-order valence-electron chi connectivity index (χ4n) is 0.683. The Bertz CT molecular complexity index is 183. The molecular formula is C7H10Cl4O2. The summed E-state index contributed by atoms with van der Waals surface area (Å²) < 4.78 is 2.59. The second-order valence-corrected chi connectivity index (χ2v) is 4.86. The van der Waals surface area contributed by atoms with E-state index in [1.807, 2.05) is 6.92 Å². The summed E-state index contributed by atoms with van der Waals surface area (Å²) in [7, 11) is 1.18. The summed E-state index contributed by atoms with van der Waals surface area (Å²) >= 11 is 23.0. The summed E-state index contributed by atoms with van der Waals surface area (Å²) in [4.78, 5) is 11.1. The van der Waals surface area contributed by atoms with Crippen molar-refractivity contribution >= 4 is 52.4 Å². The van der Waals surface area contributed by atoms with E-state index < -0.39 is 21.1 Å². The first-order chi connectivity index (χ1) is 5.87. The van der Waals surface area contributed by atoms with Crippen LogP contribution in [0, 0.1) is 0 Å². The molecule has 2 unspecified atom stereocenters. The Morgan fingerprint density at radius 2 is 1.92 bits per heavy atom. The quantitative estimate of drug-likeness (QED) is 0.578. The van der Waals surface area contributed by atoms with Gasteiger partial charge in [0.2, 0.25) is 4.33 Å². The molecule has 0 bridgehead atoms. The monoisotopic (exact) mass is 266 g/mol. The Morgan fingerprint density at radius 3 is 2.23 bits per heavy atom. The van der Waals surface area contributed by atoms with Gasteiger partial charge in [-0.05, 0) is 6.42 Å². The number of methoxy groups -OCH3 is 1. The summed E-state index contributed by atoms with van der Waals surface area (Å²) in [6.07, 6.45) is 0.563. The van der Waals surface area contributed by atoms with Gasteiger partial charge in [0.15, 0.2) is 0 Å². The maximum atomic E-state index is 11.1. The van der Waals surface area contributed by atoms with Crippen LogP contribution >= 0.6 is 46.4 Å². The second kappa shape index (κ2) is 5.50. The average Bonchev–Trinajstić information content (AvgIpc) is 2.13. The van der Waals surface area contributed by atoms with Gasteiger partial charge in [0.05, 0.1) is 17.9 Å². The molecule has 0 saturated carbocycles. The van der Waals surface area contributed by atoms with Crippen LogP contribution in [0.5, 0.6) is 0 Å². The van der Waals surface area contributed by atoms with E-state index in [1.54, 1.807) is 0 Å². The molecule has 0 aliphatic carbocycles. The van der Waals surface area contributed by atoms with E-state index in [2.05, 4.69) is 4.74 Å². The van der Waals surface area contributed by atoms with E-state index >= 15 is 0 Å². The third-order valence-corrected chi connectivity index (χ3v) is 3.83. The molecule has 0 aromatic rings. The lowest BCUT2D eigenvalue weighted by molar-refractivity contribution is -0.141. The number of carbonyl (C=O) groups excluding carboxylic acids is 1. The largest absolute Gasteiger partial charge is 0.467 e. The van der Waals surface area contributed by atoms with Gasteiger partial charge in [-0.1, -0.05) is 30.1 Å². The van der Waals surface area contributed by atoms with Crippen LogP contribution in [0.1, 0.15) is 13.3 Å². The zero-order valence-electron chi connectivity index (χ0n) is 7.19. The summed E-state index contributed by atoms with van der Waals surface area (Å²) in [6.45, 7) is 1.81. The van der Waals surface area contributed by atoms with Gasteiger partial charge in [-0.2, -0.15) is 0 Å². The van der Waals surface area contributed by atoms with Crippen LogP contribution in [0.3, 0.4) is 0 Å². The molecule has 0 aromatic carbocycles. The van der Waals surface area contributed by atoms with Gasteiger partial charge < -0.3 is 4.74 Å². The molecule has 0 N–H and O–H groups in total. The van der Waals surface area contributed by atoms with Crippen LogP contribution in [0.4, 0.5) is 0 Å². The van der Waals surface area contributed by atoms with Gasteiger partial charge in [-0.3, -0.25) is 0 Å². The van der Waals surface area contributed by atoms with Crippen molar-refractivity contribution in [3.8, 4) is 0 Å². The summed E-state index contributed by atoms with van der Waals surface area (Å²) in [5.74, 6) is -0.796. The molecule has 0 aromatic heterocycles. The normalized spacial score (nSPS) is 16.5. The third kappa shape index (κ3) is 3.35. The minimum Gasteiger partial charge on any atom is -0.467 e. The van der Waals surface area contributed by atoms with E-state index in [0.717, 1.165) is 0 Å². The molecule has 0 saturated heterocycles. The molecule has 78 valence electrons. The first kappa shape index (κ1) is 13.6. The zero-order chi connectivity index (χ0) is 10.6. The van der Waals surface area contributed by atoms with Crippen molar-refractivity contribution in [1.29, 1.82) is 0 Å². The van der Waals surface area contributed by atoms with Crippen molar-refractivity contribution in [2.24, 2.45) is 0 Å². The molecule has 0 spiro atoms.